The van der Waals surface area contributed by atoms with Gasteiger partial charge >= 0.3 is 0 Å². The van der Waals surface area contributed by atoms with Crippen molar-refractivity contribution >= 4 is 0 Å². The number of β-amino-alcohol motifs (C(OH)–C–C–N with tert-alkyl or cyclic N) is 1. The Hall–Kier alpha value is -1.88. The second kappa shape index (κ2) is 8.21. The summed E-state index contributed by atoms with van der Waals surface area (Å²) in [5.74, 6) is 0.905. The molecule has 2 aromatic carbocycles. The van der Waals surface area contributed by atoms with E-state index in [0.717, 1.165) is 38.5 Å². The fourth-order valence-corrected chi connectivity index (χ4v) is 4.14. The van der Waals surface area contributed by atoms with Crippen LogP contribution < -0.4 is 4.74 Å². The van der Waals surface area contributed by atoms with Crippen molar-refractivity contribution in [2.24, 2.45) is 0 Å². The molecule has 2 aromatic rings. The highest BCUT2D eigenvalue weighted by Crippen LogP contribution is 2.23. The predicted molar refractivity (Wildman–Crippen MR) is 103 cm³/mol. The van der Waals surface area contributed by atoms with Gasteiger partial charge < -0.3 is 9.84 Å². The highest BCUT2D eigenvalue weighted by molar-refractivity contribution is 5.29. The molecule has 0 saturated carbocycles. The summed E-state index contributed by atoms with van der Waals surface area (Å²) in [4.78, 5) is 4.83. The molecule has 2 atom stereocenters. The molecule has 26 heavy (non-hydrogen) atoms. The molecular weight excluding hydrogens is 324 g/mol. The summed E-state index contributed by atoms with van der Waals surface area (Å²) < 4.78 is 5.94. The number of hydrogen-bond donors (Lipinski definition) is 1. The molecule has 4 nitrogen and oxygen atoms in total. The smallest absolute Gasteiger partial charge is 0.120 e. The molecule has 0 aliphatic carbocycles. The molecule has 0 bridgehead atoms. The van der Waals surface area contributed by atoms with Crippen molar-refractivity contribution in [1.82, 2.24) is 9.80 Å². The molecule has 2 heterocycles. The zero-order valence-corrected chi connectivity index (χ0v) is 15.3. The third kappa shape index (κ3) is 4.26. The average Bonchev–Trinajstić information content (AvgIpc) is 3.31. The summed E-state index contributed by atoms with van der Waals surface area (Å²) in [7, 11) is 0. The Kier molecular flexibility index (Phi) is 5.54. The topological polar surface area (TPSA) is 35.9 Å². The summed E-state index contributed by atoms with van der Waals surface area (Å²) in [5, 5.41) is 10.5. The molecule has 2 aliphatic rings. The molecule has 0 radical (unpaired) electrons. The van der Waals surface area contributed by atoms with Gasteiger partial charge in [-0.3, -0.25) is 9.80 Å². The molecule has 0 aromatic heterocycles. The second-order valence-electron chi connectivity index (χ2n) is 7.49. The number of aliphatic hydroxyl groups is 1. The summed E-state index contributed by atoms with van der Waals surface area (Å²) in [6.07, 6.45) is 2.30. The monoisotopic (exact) mass is 352 g/mol. The predicted octanol–water partition coefficient (Wildman–Crippen LogP) is 2.91. The van der Waals surface area contributed by atoms with E-state index in [1.54, 1.807) is 0 Å². The Morgan fingerprint density at radius 2 is 1.69 bits per heavy atom. The zero-order chi connectivity index (χ0) is 17.8. The van der Waals surface area contributed by atoms with E-state index in [9.17, 15) is 5.11 Å². The van der Waals surface area contributed by atoms with Crippen LogP contribution in [0, 0.1) is 0 Å². The zero-order valence-electron chi connectivity index (χ0n) is 15.3. The van der Waals surface area contributed by atoms with E-state index in [4.69, 9.17) is 4.74 Å². The van der Waals surface area contributed by atoms with Crippen molar-refractivity contribution in [3.05, 3.63) is 65.7 Å². The molecule has 138 valence electrons. The first-order chi connectivity index (χ1) is 12.8. The number of aliphatic hydroxyl groups excluding tert-OH is 1. The first kappa shape index (κ1) is 17.5. The van der Waals surface area contributed by atoms with Crippen LogP contribution in [0.1, 0.15) is 24.0 Å². The SMILES string of the molecule is O[C@@H]1CN(Cc2cccc(OCc3ccccc3)c2)C[C@H]1N1CCCC1. The van der Waals surface area contributed by atoms with Crippen LogP contribution in [-0.4, -0.2) is 53.2 Å². The Morgan fingerprint density at radius 1 is 0.923 bits per heavy atom. The van der Waals surface area contributed by atoms with Gasteiger partial charge in [0.25, 0.3) is 0 Å². The molecule has 2 aliphatic heterocycles. The minimum atomic E-state index is -0.231. The van der Waals surface area contributed by atoms with E-state index < -0.39 is 0 Å². The minimum Gasteiger partial charge on any atom is -0.489 e. The van der Waals surface area contributed by atoms with Crippen LogP contribution in [0.4, 0.5) is 0 Å². The van der Waals surface area contributed by atoms with Gasteiger partial charge in [-0.05, 0) is 49.2 Å². The maximum absolute atomic E-state index is 10.5. The Balaban J connectivity index is 1.33. The van der Waals surface area contributed by atoms with Crippen molar-refractivity contribution in [3.8, 4) is 5.75 Å². The van der Waals surface area contributed by atoms with E-state index in [1.165, 1.54) is 24.0 Å². The van der Waals surface area contributed by atoms with Gasteiger partial charge in [0.05, 0.1) is 6.10 Å². The number of benzene rings is 2. The van der Waals surface area contributed by atoms with Gasteiger partial charge in [-0.2, -0.15) is 0 Å². The standard InChI is InChI=1S/C22H28N2O2/c25-22-16-23(15-21(22)24-11-4-5-12-24)14-19-9-6-10-20(13-19)26-17-18-7-2-1-3-8-18/h1-3,6-10,13,21-22,25H,4-5,11-12,14-17H2/t21-,22-/m1/s1. The van der Waals surface area contributed by atoms with Crippen molar-refractivity contribution < 1.29 is 9.84 Å². The largest absolute Gasteiger partial charge is 0.489 e. The normalized spacial score (nSPS) is 24.2. The lowest BCUT2D eigenvalue weighted by atomic mass is 10.2. The fourth-order valence-electron chi connectivity index (χ4n) is 4.14. The van der Waals surface area contributed by atoms with Crippen LogP contribution in [0.5, 0.6) is 5.75 Å². The number of likely N-dealkylation sites (tertiary alicyclic amines) is 2. The fraction of sp³-hybridized carbons (Fsp3) is 0.455. The van der Waals surface area contributed by atoms with Crippen molar-refractivity contribution in [1.29, 1.82) is 0 Å². The van der Waals surface area contributed by atoms with Gasteiger partial charge in [-0.15, -0.1) is 0 Å². The molecule has 1 N–H and O–H groups in total. The van der Waals surface area contributed by atoms with Crippen LogP contribution >= 0.6 is 0 Å². The maximum Gasteiger partial charge on any atom is 0.120 e. The van der Waals surface area contributed by atoms with Gasteiger partial charge in [0.15, 0.2) is 0 Å². The van der Waals surface area contributed by atoms with Crippen molar-refractivity contribution in [2.45, 2.75) is 38.1 Å². The molecule has 2 fully saturated rings. The molecule has 4 heteroatoms. The molecular formula is C22H28N2O2. The van der Waals surface area contributed by atoms with Gasteiger partial charge in [0.2, 0.25) is 0 Å². The van der Waals surface area contributed by atoms with Crippen LogP contribution in [0.3, 0.4) is 0 Å². The second-order valence-corrected chi connectivity index (χ2v) is 7.49. The lowest BCUT2D eigenvalue weighted by molar-refractivity contribution is 0.0978. The molecule has 0 amide bonds. The molecule has 0 spiro atoms. The minimum absolute atomic E-state index is 0.231. The van der Waals surface area contributed by atoms with E-state index >= 15 is 0 Å². The van der Waals surface area contributed by atoms with E-state index in [2.05, 4.69) is 40.1 Å². The number of nitrogens with zero attached hydrogens (tertiary/aromatic N) is 2. The Morgan fingerprint density at radius 3 is 2.50 bits per heavy atom. The third-order valence-corrected chi connectivity index (χ3v) is 5.50. The van der Waals surface area contributed by atoms with Gasteiger partial charge in [-0.1, -0.05) is 42.5 Å². The lowest BCUT2D eigenvalue weighted by Crippen LogP contribution is -2.41. The lowest BCUT2D eigenvalue weighted by Gasteiger charge is -2.25. The molecule has 0 unspecified atom stereocenters. The number of rotatable bonds is 6. The highest BCUT2D eigenvalue weighted by atomic mass is 16.5. The van der Waals surface area contributed by atoms with Gasteiger partial charge in [0, 0.05) is 25.7 Å². The highest BCUT2D eigenvalue weighted by Gasteiger charge is 2.36. The maximum atomic E-state index is 10.5. The van der Waals surface area contributed by atoms with Crippen LogP contribution in [-0.2, 0) is 13.2 Å². The van der Waals surface area contributed by atoms with Gasteiger partial charge in [0.1, 0.15) is 12.4 Å². The van der Waals surface area contributed by atoms with Crippen LogP contribution in [0.15, 0.2) is 54.6 Å². The van der Waals surface area contributed by atoms with E-state index in [0.29, 0.717) is 12.6 Å². The van der Waals surface area contributed by atoms with Crippen molar-refractivity contribution in [3.63, 3.8) is 0 Å². The summed E-state index contributed by atoms with van der Waals surface area (Å²) in [6, 6.07) is 18.9. The Labute approximate surface area is 156 Å². The average molecular weight is 352 g/mol. The molecule has 2 saturated heterocycles. The van der Waals surface area contributed by atoms with Gasteiger partial charge in [-0.25, -0.2) is 0 Å². The summed E-state index contributed by atoms with van der Waals surface area (Å²) >= 11 is 0. The van der Waals surface area contributed by atoms with E-state index in [1.807, 2.05) is 24.3 Å². The summed E-state index contributed by atoms with van der Waals surface area (Å²) in [5.41, 5.74) is 2.42. The van der Waals surface area contributed by atoms with E-state index in [-0.39, 0.29) is 6.10 Å². The quantitative estimate of drug-likeness (QED) is 0.867. The van der Waals surface area contributed by atoms with Crippen LogP contribution in [0.25, 0.3) is 0 Å². The number of hydrogen-bond acceptors (Lipinski definition) is 4. The third-order valence-electron chi connectivity index (χ3n) is 5.50. The number of ether oxygens (including phenoxy) is 1. The van der Waals surface area contributed by atoms with Crippen LogP contribution in [0.2, 0.25) is 0 Å². The first-order valence-corrected chi connectivity index (χ1v) is 9.68. The summed E-state index contributed by atoms with van der Waals surface area (Å²) in [6.45, 7) is 5.44. The molecule has 4 rings (SSSR count). The first-order valence-electron chi connectivity index (χ1n) is 9.68. The van der Waals surface area contributed by atoms with Crippen molar-refractivity contribution in [2.75, 3.05) is 26.2 Å². The Bertz CT molecular complexity index is 700.